The van der Waals surface area contributed by atoms with Crippen LogP contribution in [0.5, 0.6) is 0 Å². The summed E-state index contributed by atoms with van der Waals surface area (Å²) in [6.45, 7) is 1.52. The Bertz CT molecular complexity index is 489. The summed E-state index contributed by atoms with van der Waals surface area (Å²) >= 11 is 6.88. The van der Waals surface area contributed by atoms with Crippen molar-refractivity contribution in [2.45, 2.75) is 13.5 Å². The first kappa shape index (κ1) is 14.3. The van der Waals surface area contributed by atoms with Crippen LogP contribution in [0.25, 0.3) is 0 Å². The Labute approximate surface area is 111 Å². The molecule has 0 saturated carbocycles. The maximum Gasteiger partial charge on any atom is 0.278 e. The average Bonchev–Trinajstić information content (AvgIpc) is 2.68. The highest BCUT2D eigenvalue weighted by molar-refractivity contribution is 7.15. The van der Waals surface area contributed by atoms with E-state index >= 15 is 0 Å². The van der Waals surface area contributed by atoms with E-state index in [1.54, 1.807) is 0 Å². The minimum absolute atomic E-state index is 0.142. The number of amides is 1. The highest BCUT2D eigenvalue weighted by Crippen LogP contribution is 2.17. The van der Waals surface area contributed by atoms with Crippen LogP contribution in [0.15, 0.2) is 11.3 Å². The summed E-state index contributed by atoms with van der Waals surface area (Å²) in [5.41, 5.74) is 0. The Hall–Kier alpha value is -1.74. The molecule has 0 atom stereocenters. The molecule has 0 radical (unpaired) electrons. The highest BCUT2D eigenvalue weighted by atomic mass is 35.5. The third-order valence-corrected chi connectivity index (χ3v) is 3.03. The summed E-state index contributed by atoms with van der Waals surface area (Å²) in [6.07, 6.45) is 1.54. The lowest BCUT2D eigenvalue weighted by Gasteiger charge is -2.15. The lowest BCUT2D eigenvalue weighted by atomic mass is 10.5. The zero-order valence-corrected chi connectivity index (χ0v) is 11.2. The lowest BCUT2D eigenvalue weighted by Crippen LogP contribution is -2.41. The quantitative estimate of drug-likeness (QED) is 0.386. The zero-order chi connectivity index (χ0) is 13.7. The molecular weight excluding hydrogens is 282 g/mol. The van der Waals surface area contributed by atoms with Crippen LogP contribution in [0.4, 0.5) is 0 Å². The van der Waals surface area contributed by atoms with E-state index in [1.807, 2.05) is 0 Å². The van der Waals surface area contributed by atoms with Crippen LogP contribution in [0.3, 0.4) is 0 Å². The molecule has 10 heteroatoms. The molecule has 0 aliphatic heterocycles. The van der Waals surface area contributed by atoms with Crippen molar-refractivity contribution in [3.05, 3.63) is 25.7 Å². The van der Waals surface area contributed by atoms with Gasteiger partial charge in [0.15, 0.2) is 9.50 Å². The first-order valence-electron chi connectivity index (χ1n) is 4.71. The number of nitro groups is 1. The van der Waals surface area contributed by atoms with Gasteiger partial charge >= 0.3 is 0 Å². The Kier molecular flexibility index (Phi) is 4.98. The molecule has 0 aliphatic rings. The number of hydrogen-bond acceptors (Lipinski definition) is 5. The maximum absolute atomic E-state index is 11.1. The topological polar surface area (TPSA) is 101 Å². The fraction of sp³-hybridized carbons (Fsp3) is 0.375. The maximum atomic E-state index is 11.1. The predicted molar refractivity (Wildman–Crippen MR) is 66.8 cm³/mol. The van der Waals surface area contributed by atoms with Gasteiger partial charge in [0.25, 0.3) is 5.96 Å². The number of hydrazone groups is 1. The average molecular weight is 292 g/mol. The van der Waals surface area contributed by atoms with E-state index in [4.69, 9.17) is 11.6 Å². The first-order chi connectivity index (χ1) is 8.40. The molecule has 8 nitrogen and oxygen atoms in total. The van der Waals surface area contributed by atoms with Gasteiger partial charge in [-0.15, -0.1) is 11.3 Å². The Morgan fingerprint density at radius 3 is 2.89 bits per heavy atom. The van der Waals surface area contributed by atoms with Gasteiger partial charge < -0.3 is 5.32 Å². The molecule has 1 heterocycles. The number of hydrogen-bond donors (Lipinski definition) is 1. The van der Waals surface area contributed by atoms with Crippen molar-refractivity contribution < 1.29 is 9.83 Å². The smallest absolute Gasteiger partial charge is 0.278 e. The number of thiazole rings is 1. The molecule has 0 aromatic carbocycles. The summed E-state index contributed by atoms with van der Waals surface area (Å²) in [5, 5.41) is 15.3. The Balaban J connectivity index is 2.74. The molecule has 1 rings (SSSR count). The van der Waals surface area contributed by atoms with Gasteiger partial charge in [-0.05, 0) is 0 Å². The molecule has 0 spiro atoms. The lowest BCUT2D eigenvalue weighted by molar-refractivity contribution is -0.485. The number of halogens is 1. The monoisotopic (exact) mass is 291 g/mol. The largest absolute Gasteiger partial charge is 0.346 e. The van der Waals surface area contributed by atoms with Gasteiger partial charge in [-0.3, -0.25) is 9.69 Å². The molecule has 1 aromatic heterocycles. The third-order valence-electron chi connectivity index (χ3n) is 1.91. The number of nitrogens with zero attached hydrogens (tertiary/aromatic N) is 4. The van der Waals surface area contributed by atoms with E-state index in [-0.39, 0.29) is 18.4 Å². The van der Waals surface area contributed by atoms with Crippen molar-refractivity contribution >= 4 is 34.8 Å². The second-order valence-electron chi connectivity index (χ2n) is 3.17. The Morgan fingerprint density at radius 1 is 1.78 bits per heavy atom. The predicted octanol–water partition coefficient (Wildman–Crippen LogP) is 0.912. The number of carbonyl (C=O) groups is 1. The molecule has 1 amide bonds. The molecule has 0 bridgehead atoms. The minimum atomic E-state index is -0.874. The van der Waals surface area contributed by atoms with Crippen LogP contribution < -0.4 is 5.32 Å². The molecule has 0 unspecified atom stereocenters. The summed E-state index contributed by atoms with van der Waals surface area (Å²) in [5.74, 6) is -0.512. The van der Waals surface area contributed by atoms with Crippen molar-refractivity contribution in [3.63, 3.8) is 0 Å². The van der Waals surface area contributed by atoms with Crippen molar-refractivity contribution in [2.75, 3.05) is 7.05 Å². The highest BCUT2D eigenvalue weighted by Gasteiger charge is 2.15. The van der Waals surface area contributed by atoms with Crippen LogP contribution in [0.2, 0.25) is 4.47 Å². The summed E-state index contributed by atoms with van der Waals surface area (Å²) < 4.78 is 0.375. The second-order valence-corrected chi connectivity index (χ2v) is 4.87. The first-order valence-corrected chi connectivity index (χ1v) is 5.91. The SMILES string of the molecule is CC(=O)N(C)/C(=N\[N+](=O)[O-])NCc1cnc(Cl)s1. The van der Waals surface area contributed by atoms with Gasteiger partial charge in [-0.25, -0.2) is 15.1 Å². The van der Waals surface area contributed by atoms with Gasteiger partial charge in [-0.1, -0.05) is 11.6 Å². The second kappa shape index (κ2) is 6.26. The van der Waals surface area contributed by atoms with Crippen LogP contribution in [-0.4, -0.2) is 33.8 Å². The fourth-order valence-electron chi connectivity index (χ4n) is 0.979. The Morgan fingerprint density at radius 2 is 2.44 bits per heavy atom. The number of guanidine groups is 1. The summed E-state index contributed by atoms with van der Waals surface area (Å²) in [6, 6.07) is 0. The van der Waals surface area contributed by atoms with E-state index < -0.39 is 5.03 Å². The number of aromatic nitrogens is 1. The van der Waals surface area contributed by atoms with Gasteiger partial charge in [0.05, 0.1) is 6.54 Å². The zero-order valence-electron chi connectivity index (χ0n) is 9.58. The molecule has 1 aromatic rings. The minimum Gasteiger partial charge on any atom is -0.346 e. The van der Waals surface area contributed by atoms with Gasteiger partial charge in [0, 0.05) is 25.0 Å². The van der Waals surface area contributed by atoms with E-state index in [2.05, 4.69) is 15.4 Å². The molecule has 18 heavy (non-hydrogen) atoms. The number of carbonyl (C=O) groups excluding carboxylic acids is 1. The van der Waals surface area contributed by atoms with Gasteiger partial charge in [0.2, 0.25) is 5.91 Å². The van der Waals surface area contributed by atoms with E-state index in [1.165, 1.54) is 31.5 Å². The van der Waals surface area contributed by atoms with Crippen LogP contribution in [0.1, 0.15) is 11.8 Å². The van der Waals surface area contributed by atoms with E-state index in [0.29, 0.717) is 4.47 Å². The molecule has 1 N–H and O–H groups in total. The molecule has 0 saturated heterocycles. The normalized spacial score (nSPS) is 11.2. The van der Waals surface area contributed by atoms with Crippen molar-refractivity contribution in [2.24, 2.45) is 5.10 Å². The van der Waals surface area contributed by atoms with Gasteiger partial charge in [0.1, 0.15) is 5.10 Å². The fourth-order valence-corrected chi connectivity index (χ4v) is 1.90. The molecule has 0 aliphatic carbocycles. The summed E-state index contributed by atoms with van der Waals surface area (Å²) in [7, 11) is 1.39. The number of rotatable bonds is 3. The standard InChI is InChI=1S/C8H10ClN5O3S/c1-5(15)13(2)8(12-14(16)17)11-4-6-3-10-7(9)18-6/h3H,4H2,1-2H3,(H,11,12). The van der Waals surface area contributed by atoms with Crippen LogP contribution in [0, 0.1) is 10.1 Å². The number of nitrogens with one attached hydrogen (secondary N) is 1. The molecular formula is C8H10ClN5O3S. The van der Waals surface area contributed by atoms with Crippen molar-refractivity contribution in [1.29, 1.82) is 0 Å². The van der Waals surface area contributed by atoms with Crippen molar-refractivity contribution in [1.82, 2.24) is 15.2 Å². The molecule has 98 valence electrons. The van der Waals surface area contributed by atoms with E-state index in [9.17, 15) is 14.9 Å². The van der Waals surface area contributed by atoms with Crippen LogP contribution >= 0.6 is 22.9 Å². The van der Waals surface area contributed by atoms with Crippen LogP contribution in [-0.2, 0) is 11.3 Å². The summed E-state index contributed by atoms with van der Waals surface area (Å²) in [4.78, 5) is 27.1. The van der Waals surface area contributed by atoms with E-state index in [0.717, 1.165) is 9.78 Å². The third kappa shape index (κ3) is 4.26. The van der Waals surface area contributed by atoms with Gasteiger partial charge in [-0.2, -0.15) is 0 Å². The van der Waals surface area contributed by atoms with Crippen molar-refractivity contribution in [3.8, 4) is 0 Å². The molecule has 0 fully saturated rings.